The molecule has 5 heteroatoms. The van der Waals surface area contributed by atoms with Crippen LogP contribution in [0, 0.1) is 0 Å². The van der Waals surface area contributed by atoms with Crippen LogP contribution in [-0.2, 0) is 11.3 Å². The molecule has 1 rings (SSSR count). The molecule has 0 spiro atoms. The molecule has 1 N–H and O–H groups in total. The van der Waals surface area contributed by atoms with Gasteiger partial charge in [0.1, 0.15) is 0 Å². The first-order chi connectivity index (χ1) is 7.63. The molecule has 0 aromatic carbocycles. The number of carbonyl (C=O) groups excluding carboxylic acids is 1. The molecule has 1 amide bonds. The average molecular weight is 286 g/mol. The van der Waals surface area contributed by atoms with Crippen LogP contribution in [0.5, 0.6) is 0 Å². The van der Waals surface area contributed by atoms with Crippen molar-refractivity contribution in [3.8, 4) is 0 Å². The largest absolute Gasteiger partial charge is 0.345 e. The van der Waals surface area contributed by atoms with Gasteiger partial charge < -0.3 is 10.2 Å². The van der Waals surface area contributed by atoms with E-state index in [-0.39, 0.29) is 5.91 Å². The second-order valence-corrected chi connectivity index (χ2v) is 4.39. The van der Waals surface area contributed by atoms with Crippen molar-refractivity contribution in [3.63, 3.8) is 0 Å². The fraction of sp³-hybridized carbons (Fsp3) is 0.455. The van der Waals surface area contributed by atoms with Gasteiger partial charge in [0.25, 0.3) is 0 Å². The summed E-state index contributed by atoms with van der Waals surface area (Å²) in [5.74, 6) is 0.0969. The number of halogens is 1. The number of nitrogens with one attached hydrogen (secondary N) is 1. The number of amides is 1. The highest BCUT2D eigenvalue weighted by atomic mass is 79.9. The Labute approximate surface area is 104 Å². The predicted octanol–water partition coefficient (Wildman–Crippen LogP) is 1.41. The van der Waals surface area contributed by atoms with Crippen LogP contribution in [-0.4, -0.2) is 35.9 Å². The summed E-state index contributed by atoms with van der Waals surface area (Å²) < 4.78 is 0.957. The summed E-state index contributed by atoms with van der Waals surface area (Å²) in [6.07, 6.45) is 1.75. The maximum Gasteiger partial charge on any atom is 0.236 e. The van der Waals surface area contributed by atoms with E-state index in [1.54, 1.807) is 18.1 Å². The van der Waals surface area contributed by atoms with Gasteiger partial charge in [-0.15, -0.1) is 0 Å². The van der Waals surface area contributed by atoms with Gasteiger partial charge in [-0.2, -0.15) is 0 Å². The van der Waals surface area contributed by atoms with E-state index in [0.717, 1.165) is 16.7 Å². The molecule has 0 radical (unpaired) electrons. The standard InChI is InChI=1S/C11H16BrN3O/c1-3-15(2)11(16)8-13-7-10-5-4-9(12)6-14-10/h4-6,13H,3,7-8H2,1-2H3. The Morgan fingerprint density at radius 1 is 1.56 bits per heavy atom. The Balaban J connectivity index is 2.30. The number of nitrogens with zero attached hydrogens (tertiary/aromatic N) is 2. The SMILES string of the molecule is CCN(C)C(=O)CNCc1ccc(Br)cn1. The minimum atomic E-state index is 0.0969. The van der Waals surface area contributed by atoms with Crippen LogP contribution in [0.2, 0.25) is 0 Å². The van der Waals surface area contributed by atoms with E-state index >= 15 is 0 Å². The fourth-order valence-corrected chi connectivity index (χ4v) is 1.35. The zero-order valence-corrected chi connectivity index (χ0v) is 11.1. The molecule has 0 bridgehead atoms. The van der Waals surface area contributed by atoms with Crippen LogP contribution in [0.1, 0.15) is 12.6 Å². The lowest BCUT2D eigenvalue weighted by Gasteiger charge is -2.14. The van der Waals surface area contributed by atoms with Crippen molar-refractivity contribution in [3.05, 3.63) is 28.5 Å². The highest BCUT2D eigenvalue weighted by Crippen LogP contribution is 2.06. The number of likely N-dealkylation sites (N-methyl/N-ethyl adjacent to an activating group) is 1. The lowest BCUT2D eigenvalue weighted by Crippen LogP contribution is -2.35. The normalized spacial score (nSPS) is 10.2. The molecular weight excluding hydrogens is 270 g/mol. The van der Waals surface area contributed by atoms with Crippen LogP contribution < -0.4 is 5.32 Å². The minimum Gasteiger partial charge on any atom is -0.345 e. The predicted molar refractivity (Wildman–Crippen MR) is 67.0 cm³/mol. The van der Waals surface area contributed by atoms with Gasteiger partial charge in [-0.3, -0.25) is 9.78 Å². The lowest BCUT2D eigenvalue weighted by molar-refractivity contribution is -0.128. The minimum absolute atomic E-state index is 0.0969. The van der Waals surface area contributed by atoms with Crippen LogP contribution in [0.4, 0.5) is 0 Å². The average Bonchev–Trinajstić information content (AvgIpc) is 2.30. The van der Waals surface area contributed by atoms with Crippen molar-refractivity contribution >= 4 is 21.8 Å². The molecule has 1 aromatic rings. The molecule has 4 nitrogen and oxygen atoms in total. The van der Waals surface area contributed by atoms with E-state index in [4.69, 9.17) is 0 Å². The number of hydrogen-bond donors (Lipinski definition) is 1. The van der Waals surface area contributed by atoms with Gasteiger partial charge in [0.15, 0.2) is 0 Å². The molecule has 0 aliphatic carbocycles. The second-order valence-electron chi connectivity index (χ2n) is 3.48. The first kappa shape index (κ1) is 13.1. The van der Waals surface area contributed by atoms with Crippen molar-refractivity contribution in [1.29, 1.82) is 0 Å². The Morgan fingerprint density at radius 2 is 2.31 bits per heavy atom. The fourth-order valence-electron chi connectivity index (χ4n) is 1.12. The summed E-state index contributed by atoms with van der Waals surface area (Å²) >= 11 is 3.32. The molecule has 88 valence electrons. The Kier molecular flexibility index (Phi) is 5.42. The first-order valence-electron chi connectivity index (χ1n) is 5.18. The van der Waals surface area contributed by atoms with Gasteiger partial charge in [0.2, 0.25) is 5.91 Å². The molecule has 0 fully saturated rings. The van der Waals surface area contributed by atoms with E-state index in [1.807, 2.05) is 19.1 Å². The van der Waals surface area contributed by atoms with Crippen molar-refractivity contribution in [1.82, 2.24) is 15.2 Å². The third-order valence-electron chi connectivity index (χ3n) is 2.27. The van der Waals surface area contributed by atoms with Crippen molar-refractivity contribution in [2.45, 2.75) is 13.5 Å². The van der Waals surface area contributed by atoms with E-state index in [2.05, 4.69) is 26.2 Å². The van der Waals surface area contributed by atoms with Crippen molar-refractivity contribution in [2.24, 2.45) is 0 Å². The summed E-state index contributed by atoms with van der Waals surface area (Å²) in [4.78, 5) is 17.3. The first-order valence-corrected chi connectivity index (χ1v) is 5.98. The number of hydrogen-bond acceptors (Lipinski definition) is 3. The highest BCUT2D eigenvalue weighted by Gasteiger charge is 2.05. The Morgan fingerprint density at radius 3 is 2.88 bits per heavy atom. The maximum atomic E-state index is 11.5. The van der Waals surface area contributed by atoms with E-state index in [0.29, 0.717) is 13.1 Å². The van der Waals surface area contributed by atoms with Crippen molar-refractivity contribution < 1.29 is 4.79 Å². The molecule has 0 atom stereocenters. The van der Waals surface area contributed by atoms with Crippen LogP contribution in [0.3, 0.4) is 0 Å². The van der Waals surface area contributed by atoms with Crippen LogP contribution in [0.25, 0.3) is 0 Å². The summed E-state index contributed by atoms with van der Waals surface area (Å²) in [5.41, 5.74) is 0.926. The Bertz CT molecular complexity index is 340. The number of carbonyl (C=O) groups is 1. The molecule has 0 saturated carbocycles. The zero-order chi connectivity index (χ0) is 12.0. The molecule has 16 heavy (non-hydrogen) atoms. The third kappa shape index (κ3) is 4.28. The molecular formula is C11H16BrN3O. The van der Waals surface area contributed by atoms with E-state index in [9.17, 15) is 4.79 Å². The summed E-state index contributed by atoms with van der Waals surface area (Å²) in [7, 11) is 1.79. The quantitative estimate of drug-likeness (QED) is 0.890. The monoisotopic (exact) mass is 285 g/mol. The summed E-state index contributed by atoms with van der Waals surface area (Å²) in [5, 5.41) is 3.07. The highest BCUT2D eigenvalue weighted by molar-refractivity contribution is 9.10. The summed E-state index contributed by atoms with van der Waals surface area (Å²) in [6.45, 7) is 3.64. The summed E-state index contributed by atoms with van der Waals surface area (Å²) in [6, 6.07) is 3.86. The van der Waals surface area contributed by atoms with E-state index in [1.165, 1.54) is 0 Å². The molecule has 1 aromatic heterocycles. The number of rotatable bonds is 5. The lowest BCUT2D eigenvalue weighted by atomic mass is 10.3. The third-order valence-corrected chi connectivity index (χ3v) is 2.74. The molecule has 0 aliphatic heterocycles. The maximum absolute atomic E-state index is 11.5. The molecule has 0 unspecified atom stereocenters. The van der Waals surface area contributed by atoms with Crippen molar-refractivity contribution in [2.75, 3.05) is 20.1 Å². The number of aromatic nitrogens is 1. The van der Waals surface area contributed by atoms with Crippen LogP contribution >= 0.6 is 15.9 Å². The second kappa shape index (κ2) is 6.60. The molecule has 0 aliphatic rings. The van der Waals surface area contributed by atoms with Gasteiger partial charge in [-0.1, -0.05) is 0 Å². The molecule has 0 saturated heterocycles. The Hall–Kier alpha value is -0.940. The van der Waals surface area contributed by atoms with Gasteiger partial charge in [-0.25, -0.2) is 0 Å². The number of pyridine rings is 1. The van der Waals surface area contributed by atoms with E-state index < -0.39 is 0 Å². The topological polar surface area (TPSA) is 45.2 Å². The van der Waals surface area contributed by atoms with Gasteiger partial charge in [0.05, 0.1) is 12.2 Å². The van der Waals surface area contributed by atoms with Crippen LogP contribution in [0.15, 0.2) is 22.8 Å². The van der Waals surface area contributed by atoms with Gasteiger partial charge in [-0.05, 0) is 35.0 Å². The zero-order valence-electron chi connectivity index (χ0n) is 9.53. The van der Waals surface area contributed by atoms with Gasteiger partial charge in [0, 0.05) is 30.8 Å². The molecule has 1 heterocycles. The van der Waals surface area contributed by atoms with Gasteiger partial charge >= 0.3 is 0 Å². The smallest absolute Gasteiger partial charge is 0.236 e.